The van der Waals surface area contributed by atoms with Gasteiger partial charge >= 0.3 is 6.18 Å². The van der Waals surface area contributed by atoms with E-state index < -0.39 is 11.7 Å². The maximum Gasteiger partial charge on any atom is 0.416 e. The van der Waals surface area contributed by atoms with E-state index in [1.165, 1.54) is 17.4 Å². The molecular weight excluding hydrogens is 379 g/mol. The molecule has 9 heteroatoms. The van der Waals surface area contributed by atoms with E-state index in [2.05, 4.69) is 15.0 Å². The van der Waals surface area contributed by atoms with E-state index in [-0.39, 0.29) is 12.0 Å². The first-order chi connectivity index (χ1) is 12.9. The van der Waals surface area contributed by atoms with Crippen molar-refractivity contribution in [1.29, 1.82) is 0 Å². The van der Waals surface area contributed by atoms with E-state index in [1.807, 2.05) is 6.92 Å². The molecule has 1 N–H and O–H groups in total. The van der Waals surface area contributed by atoms with Gasteiger partial charge in [-0.05, 0) is 44.4 Å². The smallest absolute Gasteiger partial charge is 0.396 e. The fourth-order valence-electron chi connectivity index (χ4n) is 3.26. The minimum Gasteiger partial charge on any atom is -0.396 e. The van der Waals surface area contributed by atoms with Crippen LogP contribution in [0.4, 0.5) is 18.3 Å². The number of piperidine rings is 1. The summed E-state index contributed by atoms with van der Waals surface area (Å²) >= 11 is 1.28. The van der Waals surface area contributed by atoms with Crippen molar-refractivity contribution < 1.29 is 23.1 Å². The second-order valence-electron chi connectivity index (χ2n) is 6.65. The Morgan fingerprint density at radius 3 is 2.74 bits per heavy atom. The second kappa shape index (κ2) is 8.02. The highest BCUT2D eigenvalue weighted by Gasteiger charge is 2.34. The van der Waals surface area contributed by atoms with Gasteiger partial charge in [-0.2, -0.15) is 13.2 Å². The maximum absolute atomic E-state index is 12.9. The van der Waals surface area contributed by atoms with Gasteiger partial charge in [0, 0.05) is 25.1 Å². The first kappa shape index (κ1) is 19.9. The Balaban J connectivity index is 1.75. The number of anilines is 1. The zero-order chi connectivity index (χ0) is 19.5. The molecule has 0 bridgehead atoms. The molecule has 0 spiro atoms. The van der Waals surface area contributed by atoms with Gasteiger partial charge in [0.15, 0.2) is 5.13 Å². The Morgan fingerprint density at radius 1 is 1.37 bits per heavy atom. The summed E-state index contributed by atoms with van der Waals surface area (Å²) in [6, 6.07) is 3.65. The number of hydrogen-bond acceptors (Lipinski definition) is 6. The third kappa shape index (κ3) is 4.52. The molecule has 3 rings (SSSR count). The third-order valence-corrected chi connectivity index (χ3v) is 5.95. The lowest BCUT2D eigenvalue weighted by atomic mass is 9.77. The van der Waals surface area contributed by atoms with Gasteiger partial charge in [-0.25, -0.2) is 4.98 Å². The molecule has 1 aromatic heterocycles. The summed E-state index contributed by atoms with van der Waals surface area (Å²) in [6.45, 7) is 3.81. The van der Waals surface area contributed by atoms with Crippen LogP contribution >= 0.6 is 11.3 Å². The quantitative estimate of drug-likeness (QED) is 0.579. The summed E-state index contributed by atoms with van der Waals surface area (Å²) in [5, 5.41) is 14.1. The number of alkyl halides is 3. The predicted molar refractivity (Wildman–Crippen MR) is 100 cm³/mol. The van der Waals surface area contributed by atoms with Gasteiger partial charge in [0.1, 0.15) is 6.61 Å². The molecule has 1 aromatic carbocycles. The maximum atomic E-state index is 12.9. The van der Waals surface area contributed by atoms with Crippen molar-refractivity contribution in [3.05, 3.63) is 23.8 Å². The summed E-state index contributed by atoms with van der Waals surface area (Å²) in [7, 11) is 0. The van der Waals surface area contributed by atoms with Crippen molar-refractivity contribution in [2.75, 3.05) is 31.2 Å². The molecule has 5 nitrogen and oxygen atoms in total. The van der Waals surface area contributed by atoms with Crippen LogP contribution in [0, 0.1) is 5.41 Å². The molecule has 0 radical (unpaired) electrons. The van der Waals surface area contributed by atoms with Crippen LogP contribution < -0.4 is 4.90 Å². The molecule has 0 unspecified atom stereocenters. The molecule has 0 amide bonds. The van der Waals surface area contributed by atoms with E-state index in [1.54, 1.807) is 6.21 Å². The summed E-state index contributed by atoms with van der Waals surface area (Å²) in [5.41, 5.74) is -0.299. The summed E-state index contributed by atoms with van der Waals surface area (Å²) in [6.07, 6.45) is -0.417. The van der Waals surface area contributed by atoms with Crippen LogP contribution in [0.3, 0.4) is 0 Å². The highest BCUT2D eigenvalue weighted by atomic mass is 32.1. The molecule has 2 aromatic rings. The lowest BCUT2D eigenvalue weighted by Crippen LogP contribution is -2.41. The molecule has 1 aliphatic heterocycles. The normalized spacial score (nSPS) is 17.7. The van der Waals surface area contributed by atoms with Crippen LogP contribution in [-0.2, 0) is 11.0 Å². The van der Waals surface area contributed by atoms with E-state index in [9.17, 15) is 18.3 Å². The van der Waals surface area contributed by atoms with Gasteiger partial charge in [0.25, 0.3) is 0 Å². The number of benzene rings is 1. The number of thiazole rings is 1. The average Bonchev–Trinajstić information content (AvgIpc) is 3.05. The third-order valence-electron chi connectivity index (χ3n) is 4.87. The molecule has 1 aliphatic rings. The molecule has 27 heavy (non-hydrogen) atoms. The van der Waals surface area contributed by atoms with Crippen LogP contribution in [0.1, 0.15) is 31.7 Å². The van der Waals surface area contributed by atoms with Crippen LogP contribution in [0.5, 0.6) is 0 Å². The van der Waals surface area contributed by atoms with Crippen molar-refractivity contribution in [1.82, 2.24) is 4.98 Å². The van der Waals surface area contributed by atoms with Crippen LogP contribution in [0.25, 0.3) is 10.2 Å². The number of halogens is 3. The van der Waals surface area contributed by atoms with Crippen molar-refractivity contribution in [3.8, 4) is 0 Å². The first-order valence-electron chi connectivity index (χ1n) is 8.87. The average molecular weight is 401 g/mol. The fourth-order valence-corrected chi connectivity index (χ4v) is 4.31. The van der Waals surface area contributed by atoms with Gasteiger partial charge < -0.3 is 14.8 Å². The number of rotatable bonds is 6. The van der Waals surface area contributed by atoms with Crippen molar-refractivity contribution in [2.24, 2.45) is 10.6 Å². The number of aliphatic hydroxyl groups excluding tert-OH is 1. The monoisotopic (exact) mass is 401 g/mol. The summed E-state index contributed by atoms with van der Waals surface area (Å²) < 4.78 is 39.2. The highest BCUT2D eigenvalue weighted by molar-refractivity contribution is 7.22. The number of fused-ring (bicyclic) bond motifs is 1. The van der Waals surface area contributed by atoms with Gasteiger partial charge in [0.2, 0.25) is 0 Å². The number of aliphatic hydroxyl groups is 1. The number of hydrogen-bond donors (Lipinski definition) is 1. The number of aromatic nitrogens is 1. The molecule has 148 valence electrons. The lowest BCUT2D eigenvalue weighted by molar-refractivity contribution is -0.137. The molecule has 0 aliphatic carbocycles. The van der Waals surface area contributed by atoms with Crippen LogP contribution in [-0.4, -0.2) is 42.6 Å². The standard InChI is InChI=1S/C18H22F3N3O2S/c1-2-26-22-12-17(7-10-25)5-8-24(9-6-17)16-23-14-4-3-13(18(19,20)21)11-15(14)27-16/h3-4,11-12,25H,2,5-10H2,1H3. The van der Waals surface area contributed by atoms with Gasteiger partial charge in [-0.3, -0.25) is 0 Å². The zero-order valence-electron chi connectivity index (χ0n) is 15.0. The van der Waals surface area contributed by atoms with E-state index in [0.717, 1.165) is 30.1 Å². The largest absolute Gasteiger partial charge is 0.416 e. The van der Waals surface area contributed by atoms with Crippen molar-refractivity contribution >= 4 is 32.9 Å². The molecule has 1 saturated heterocycles. The van der Waals surface area contributed by atoms with Crippen molar-refractivity contribution in [2.45, 2.75) is 32.4 Å². The molecule has 0 atom stereocenters. The van der Waals surface area contributed by atoms with Gasteiger partial charge in [-0.15, -0.1) is 0 Å². The number of nitrogens with zero attached hydrogens (tertiary/aromatic N) is 3. The fraction of sp³-hybridized carbons (Fsp3) is 0.556. The first-order valence-corrected chi connectivity index (χ1v) is 9.69. The summed E-state index contributed by atoms with van der Waals surface area (Å²) in [4.78, 5) is 11.7. The SMILES string of the molecule is CCON=CC1(CCO)CCN(c2nc3ccc(C(F)(F)F)cc3s2)CC1. The van der Waals surface area contributed by atoms with Crippen molar-refractivity contribution in [3.63, 3.8) is 0 Å². The van der Waals surface area contributed by atoms with E-state index >= 15 is 0 Å². The van der Waals surface area contributed by atoms with Crippen LogP contribution in [0.2, 0.25) is 0 Å². The Hall–Kier alpha value is -1.87. The zero-order valence-corrected chi connectivity index (χ0v) is 15.8. The predicted octanol–water partition coefficient (Wildman–Crippen LogP) is 4.31. The second-order valence-corrected chi connectivity index (χ2v) is 7.66. The van der Waals surface area contributed by atoms with E-state index in [4.69, 9.17) is 4.84 Å². The Bertz CT molecular complexity index is 799. The molecule has 1 fully saturated rings. The number of oxime groups is 1. The lowest BCUT2D eigenvalue weighted by Gasteiger charge is -2.38. The Labute approximate surface area is 159 Å². The molecular formula is C18H22F3N3O2S. The van der Waals surface area contributed by atoms with Gasteiger partial charge in [-0.1, -0.05) is 16.5 Å². The topological polar surface area (TPSA) is 58.0 Å². The minimum atomic E-state index is -4.35. The minimum absolute atomic E-state index is 0.0690. The highest BCUT2D eigenvalue weighted by Crippen LogP contribution is 2.39. The van der Waals surface area contributed by atoms with Gasteiger partial charge in [0.05, 0.1) is 22.0 Å². The Kier molecular flexibility index (Phi) is 5.90. The summed E-state index contributed by atoms with van der Waals surface area (Å²) in [5.74, 6) is 0. The van der Waals surface area contributed by atoms with Crippen LogP contribution in [0.15, 0.2) is 23.4 Å². The molecule has 2 heterocycles. The molecule has 0 saturated carbocycles. The van der Waals surface area contributed by atoms with E-state index in [0.29, 0.717) is 36.3 Å². The Morgan fingerprint density at radius 2 is 2.11 bits per heavy atom.